The van der Waals surface area contributed by atoms with E-state index in [9.17, 15) is 9.18 Å². The number of hydrogen-bond donors (Lipinski definition) is 2. The summed E-state index contributed by atoms with van der Waals surface area (Å²) in [6.45, 7) is 1.03. The number of nitrogen functional groups attached to an aromatic ring is 1. The predicted molar refractivity (Wildman–Crippen MR) is 85.7 cm³/mol. The molecule has 0 amide bonds. The van der Waals surface area contributed by atoms with Crippen LogP contribution in [-0.4, -0.2) is 27.7 Å². The van der Waals surface area contributed by atoms with Gasteiger partial charge in [0, 0.05) is 30.6 Å². The second-order valence-electron chi connectivity index (χ2n) is 5.62. The third kappa shape index (κ3) is 2.41. The minimum Gasteiger partial charge on any atom is -0.452 e. The summed E-state index contributed by atoms with van der Waals surface area (Å²) in [5.74, 6) is -0.206. The van der Waals surface area contributed by atoms with Crippen molar-refractivity contribution in [3.8, 4) is 11.5 Å². The summed E-state index contributed by atoms with van der Waals surface area (Å²) < 4.78 is 26.7. The van der Waals surface area contributed by atoms with Gasteiger partial charge < -0.3 is 15.2 Å². The van der Waals surface area contributed by atoms with Crippen molar-refractivity contribution < 1.29 is 13.9 Å². The maximum absolute atomic E-state index is 14.0. The number of anilines is 1. The van der Waals surface area contributed by atoms with Crippen molar-refractivity contribution in [1.29, 1.82) is 0 Å². The molecular formula is C16H15FN4O3. The number of hydrogen-bond acceptors (Lipinski definition) is 5. The van der Waals surface area contributed by atoms with Crippen LogP contribution in [0.5, 0.6) is 11.5 Å². The minimum atomic E-state index is -0.575. The normalized spacial score (nSPS) is 17.5. The number of fused-ring (bicyclic) bond motifs is 1. The fourth-order valence-electron chi connectivity index (χ4n) is 2.90. The van der Waals surface area contributed by atoms with Crippen LogP contribution in [0.25, 0.3) is 11.2 Å². The van der Waals surface area contributed by atoms with Crippen LogP contribution in [0.15, 0.2) is 35.3 Å². The van der Waals surface area contributed by atoms with Crippen molar-refractivity contribution in [3.05, 3.63) is 46.8 Å². The Labute approximate surface area is 135 Å². The van der Waals surface area contributed by atoms with Gasteiger partial charge in [0.2, 0.25) is 0 Å². The summed E-state index contributed by atoms with van der Waals surface area (Å²) in [7, 11) is 0. The van der Waals surface area contributed by atoms with E-state index in [-0.39, 0.29) is 17.5 Å². The Bertz CT molecular complexity index is 960. The molecule has 3 aromatic rings. The molecule has 0 spiro atoms. The number of pyridine rings is 1. The highest BCUT2D eigenvalue weighted by Crippen LogP contribution is 2.32. The van der Waals surface area contributed by atoms with Gasteiger partial charge in [-0.2, -0.15) is 0 Å². The molecule has 8 heteroatoms. The molecule has 0 aliphatic carbocycles. The number of halogens is 1. The van der Waals surface area contributed by atoms with E-state index in [2.05, 4.69) is 9.97 Å². The van der Waals surface area contributed by atoms with Gasteiger partial charge in [0.15, 0.2) is 23.0 Å². The second kappa shape index (κ2) is 5.64. The molecule has 1 aromatic carbocycles. The van der Waals surface area contributed by atoms with Crippen molar-refractivity contribution >= 4 is 16.9 Å². The molecule has 0 radical (unpaired) electrons. The highest BCUT2D eigenvalue weighted by Gasteiger charge is 2.24. The summed E-state index contributed by atoms with van der Waals surface area (Å²) in [5, 5.41) is 0. The van der Waals surface area contributed by atoms with Gasteiger partial charge in [-0.15, -0.1) is 0 Å². The fraction of sp³-hybridized carbons (Fsp3) is 0.250. The lowest BCUT2D eigenvalue weighted by atomic mass is 10.2. The largest absolute Gasteiger partial charge is 0.452 e. The number of aromatic amines is 1. The number of aromatic nitrogens is 3. The van der Waals surface area contributed by atoms with Crippen molar-refractivity contribution in [2.75, 3.05) is 18.9 Å². The number of nitrogens with two attached hydrogens (primary N) is 1. The summed E-state index contributed by atoms with van der Waals surface area (Å²) in [6.07, 6.45) is 2.22. The van der Waals surface area contributed by atoms with Crippen LogP contribution in [0.4, 0.5) is 10.1 Å². The summed E-state index contributed by atoms with van der Waals surface area (Å²) in [6, 6.07) is 5.67. The first kappa shape index (κ1) is 14.7. The number of ether oxygens (including phenoxy) is 2. The number of nitrogens with zero attached hydrogens (tertiary/aromatic N) is 2. The molecule has 1 aliphatic rings. The molecule has 3 N–H and O–H groups in total. The zero-order chi connectivity index (χ0) is 16.7. The summed E-state index contributed by atoms with van der Waals surface area (Å²) >= 11 is 0. The quantitative estimate of drug-likeness (QED) is 0.718. The van der Waals surface area contributed by atoms with E-state index in [4.69, 9.17) is 15.2 Å². The molecule has 24 heavy (non-hydrogen) atoms. The molecule has 1 saturated heterocycles. The molecule has 1 aliphatic heterocycles. The number of nitrogens with one attached hydrogen (secondary N) is 1. The number of H-pyrrole nitrogens is 1. The van der Waals surface area contributed by atoms with E-state index in [1.165, 1.54) is 18.3 Å². The molecular weight excluding hydrogens is 315 g/mol. The van der Waals surface area contributed by atoms with Gasteiger partial charge in [0.05, 0.1) is 12.6 Å². The SMILES string of the molecule is Nc1ccc(Oc2ccnc3[nH]c(=O)n(C4CCOC4)c23)c(F)c1. The second-order valence-corrected chi connectivity index (χ2v) is 5.62. The van der Waals surface area contributed by atoms with Crippen LogP contribution in [0, 0.1) is 5.82 Å². The molecule has 0 saturated carbocycles. The lowest BCUT2D eigenvalue weighted by molar-refractivity contribution is 0.186. The third-order valence-corrected chi connectivity index (χ3v) is 4.02. The Hall–Kier alpha value is -2.87. The molecule has 0 bridgehead atoms. The van der Waals surface area contributed by atoms with E-state index >= 15 is 0 Å². The Kier molecular flexibility index (Phi) is 3.46. The van der Waals surface area contributed by atoms with E-state index in [1.807, 2.05) is 0 Å². The van der Waals surface area contributed by atoms with Crippen LogP contribution in [0.3, 0.4) is 0 Å². The van der Waals surface area contributed by atoms with Crippen molar-refractivity contribution in [3.63, 3.8) is 0 Å². The Balaban J connectivity index is 1.84. The van der Waals surface area contributed by atoms with Gasteiger partial charge in [-0.1, -0.05) is 0 Å². The molecule has 4 rings (SSSR count). The van der Waals surface area contributed by atoms with Crippen molar-refractivity contribution in [2.45, 2.75) is 12.5 Å². The van der Waals surface area contributed by atoms with Gasteiger partial charge in [-0.05, 0) is 18.6 Å². The van der Waals surface area contributed by atoms with E-state index in [0.29, 0.717) is 35.8 Å². The lowest BCUT2D eigenvalue weighted by Crippen LogP contribution is -2.22. The number of benzene rings is 1. The Morgan fingerprint density at radius 1 is 1.38 bits per heavy atom. The first-order valence-corrected chi connectivity index (χ1v) is 7.53. The minimum absolute atomic E-state index is 0.0274. The zero-order valence-electron chi connectivity index (χ0n) is 12.7. The molecule has 2 aromatic heterocycles. The monoisotopic (exact) mass is 330 g/mol. The van der Waals surface area contributed by atoms with E-state index < -0.39 is 5.82 Å². The van der Waals surface area contributed by atoms with Crippen LogP contribution in [0.2, 0.25) is 0 Å². The van der Waals surface area contributed by atoms with Crippen molar-refractivity contribution in [2.24, 2.45) is 0 Å². The van der Waals surface area contributed by atoms with Crippen LogP contribution in [0.1, 0.15) is 12.5 Å². The van der Waals surface area contributed by atoms with Gasteiger partial charge in [-0.3, -0.25) is 9.55 Å². The Morgan fingerprint density at radius 2 is 2.25 bits per heavy atom. The zero-order valence-corrected chi connectivity index (χ0v) is 12.7. The number of imidazole rings is 1. The average molecular weight is 330 g/mol. The molecule has 7 nitrogen and oxygen atoms in total. The van der Waals surface area contributed by atoms with Crippen molar-refractivity contribution in [1.82, 2.24) is 14.5 Å². The molecule has 1 unspecified atom stereocenters. The Morgan fingerprint density at radius 3 is 3.00 bits per heavy atom. The van der Waals surface area contributed by atoms with Gasteiger partial charge in [-0.25, -0.2) is 14.2 Å². The van der Waals surface area contributed by atoms with Gasteiger partial charge in [0.1, 0.15) is 5.52 Å². The summed E-state index contributed by atoms with van der Waals surface area (Å²) in [4.78, 5) is 19.2. The topological polar surface area (TPSA) is 95.2 Å². The average Bonchev–Trinajstić information content (AvgIpc) is 3.16. The smallest absolute Gasteiger partial charge is 0.328 e. The highest BCUT2D eigenvalue weighted by atomic mass is 19.1. The standard InChI is InChI=1S/C16H15FN4O3/c17-11-7-9(18)1-2-12(11)24-13-3-5-19-15-14(13)21(16(22)20-15)10-4-6-23-8-10/h1-3,5,7,10H,4,6,8,18H2,(H,19,20,22). The fourth-order valence-corrected chi connectivity index (χ4v) is 2.90. The molecule has 3 heterocycles. The molecule has 124 valence electrons. The van der Waals surface area contributed by atoms with Crippen LogP contribution >= 0.6 is 0 Å². The molecule has 1 fully saturated rings. The highest BCUT2D eigenvalue weighted by molar-refractivity contribution is 5.78. The van der Waals surface area contributed by atoms with Gasteiger partial charge in [0.25, 0.3) is 0 Å². The summed E-state index contributed by atoms with van der Waals surface area (Å²) in [5.41, 5.74) is 6.45. The predicted octanol–water partition coefficient (Wildman–Crippen LogP) is 2.20. The van der Waals surface area contributed by atoms with Crippen LogP contribution in [-0.2, 0) is 4.74 Å². The molecule has 1 atom stereocenters. The first-order chi connectivity index (χ1) is 11.6. The number of rotatable bonds is 3. The maximum atomic E-state index is 14.0. The van der Waals surface area contributed by atoms with Gasteiger partial charge >= 0.3 is 5.69 Å². The first-order valence-electron chi connectivity index (χ1n) is 7.53. The van der Waals surface area contributed by atoms with E-state index in [0.717, 1.165) is 6.42 Å². The van der Waals surface area contributed by atoms with E-state index in [1.54, 1.807) is 16.7 Å². The van der Waals surface area contributed by atoms with Crippen LogP contribution < -0.4 is 16.2 Å². The third-order valence-electron chi connectivity index (χ3n) is 4.02. The maximum Gasteiger partial charge on any atom is 0.328 e. The lowest BCUT2D eigenvalue weighted by Gasteiger charge is -2.13.